The smallest absolute Gasteiger partial charge is 0.213 e. The lowest BCUT2D eigenvalue weighted by Gasteiger charge is -1.82. The van der Waals surface area contributed by atoms with Crippen LogP contribution in [0.3, 0.4) is 0 Å². The highest BCUT2D eigenvalue weighted by Gasteiger charge is 1.80. The van der Waals surface area contributed by atoms with Gasteiger partial charge in [0.2, 0.25) is 18.7 Å². The van der Waals surface area contributed by atoms with Gasteiger partial charge in [-0.2, -0.15) is 10.2 Å². The maximum absolute atomic E-state index is 4.61. The zero-order valence-electron chi connectivity index (χ0n) is 22.1. The quantitative estimate of drug-likeness (QED) is 0.297. The van der Waals surface area contributed by atoms with Crippen molar-refractivity contribution < 1.29 is 8.94 Å². The first-order chi connectivity index (χ1) is 18.5. The molecule has 6 aromatic rings. The third kappa shape index (κ3) is 19.2. The highest BCUT2D eigenvalue weighted by molar-refractivity contribution is 5.04. The summed E-state index contributed by atoms with van der Waals surface area (Å²) < 4.78 is 8.96. The Bertz CT molecular complexity index is 1100. The Hall–Kier alpha value is -5.13. The Morgan fingerprint density at radius 1 is 0.684 bits per heavy atom. The highest BCUT2D eigenvalue weighted by atomic mass is 16.5. The van der Waals surface area contributed by atoms with Crippen LogP contribution in [0.1, 0.15) is 28.8 Å². The van der Waals surface area contributed by atoms with Crippen molar-refractivity contribution in [2.24, 2.45) is 0 Å². The number of rotatable bonds is 0. The first kappa shape index (κ1) is 30.9. The fourth-order valence-corrected chi connectivity index (χ4v) is 1.94. The molecule has 198 valence electrons. The molecule has 38 heavy (non-hydrogen) atoms. The summed E-state index contributed by atoms with van der Waals surface area (Å²) in [6.07, 6.45) is 7.99. The van der Waals surface area contributed by atoms with E-state index in [-0.39, 0.29) is 0 Å². The predicted octanol–water partition coefficient (Wildman–Crippen LogP) is 4.73. The molecule has 0 spiro atoms. The van der Waals surface area contributed by atoms with E-state index >= 15 is 0 Å². The van der Waals surface area contributed by atoms with Crippen LogP contribution in [-0.4, -0.2) is 50.9 Å². The van der Waals surface area contributed by atoms with Crippen molar-refractivity contribution in [1.82, 2.24) is 50.9 Å². The molecule has 0 aliphatic rings. The third-order valence-corrected chi connectivity index (χ3v) is 3.68. The Morgan fingerprint density at radius 2 is 1.42 bits per heavy atom. The topological polar surface area (TPSA) is 158 Å². The van der Waals surface area contributed by atoms with Crippen LogP contribution in [0.4, 0.5) is 0 Å². The minimum absolute atomic E-state index is 0.606. The van der Waals surface area contributed by atoms with Crippen molar-refractivity contribution in [3.8, 4) is 0 Å². The SMILES string of the molecule is Cc1ccccn1.Cc1cccnc1.Cc1ncon1.Cc1nn[nH]n1.Cc1nnco1.c1ccccc1. The van der Waals surface area contributed by atoms with E-state index in [1.807, 2.05) is 86.8 Å². The van der Waals surface area contributed by atoms with Gasteiger partial charge in [0.05, 0.1) is 0 Å². The molecule has 0 unspecified atom stereocenters. The van der Waals surface area contributed by atoms with E-state index in [0.717, 1.165) is 5.69 Å². The molecule has 12 nitrogen and oxygen atoms in total. The molecule has 0 saturated carbocycles. The number of hydrogen-bond acceptors (Lipinski definition) is 11. The maximum atomic E-state index is 4.61. The highest BCUT2D eigenvalue weighted by Crippen LogP contribution is 1.88. The van der Waals surface area contributed by atoms with E-state index in [9.17, 15) is 0 Å². The van der Waals surface area contributed by atoms with Crippen molar-refractivity contribution in [1.29, 1.82) is 0 Å². The third-order valence-electron chi connectivity index (χ3n) is 3.68. The van der Waals surface area contributed by atoms with Crippen LogP contribution in [0.5, 0.6) is 0 Å². The van der Waals surface area contributed by atoms with Crippen LogP contribution >= 0.6 is 0 Å². The van der Waals surface area contributed by atoms with Crippen LogP contribution < -0.4 is 0 Å². The van der Waals surface area contributed by atoms with E-state index < -0.39 is 0 Å². The van der Waals surface area contributed by atoms with Crippen LogP contribution in [0.2, 0.25) is 0 Å². The molecule has 0 amide bonds. The first-order valence-corrected chi connectivity index (χ1v) is 11.4. The monoisotopic (exact) mass is 516 g/mol. The Balaban J connectivity index is 0.000000228. The first-order valence-electron chi connectivity index (χ1n) is 11.4. The lowest BCUT2D eigenvalue weighted by Crippen LogP contribution is -1.72. The van der Waals surface area contributed by atoms with Crippen LogP contribution in [0.25, 0.3) is 0 Å². The molecule has 1 aromatic carbocycles. The summed E-state index contributed by atoms with van der Waals surface area (Å²) >= 11 is 0. The number of tetrazole rings is 1. The van der Waals surface area contributed by atoms with Crippen LogP contribution in [-0.2, 0) is 0 Å². The molecule has 0 aliphatic heterocycles. The van der Waals surface area contributed by atoms with Crippen molar-refractivity contribution in [2.45, 2.75) is 34.6 Å². The summed E-state index contributed by atoms with van der Waals surface area (Å²) in [4.78, 5) is 11.5. The lowest BCUT2D eigenvalue weighted by molar-refractivity contribution is 0.412. The van der Waals surface area contributed by atoms with Gasteiger partial charge >= 0.3 is 0 Å². The summed E-state index contributed by atoms with van der Waals surface area (Å²) in [6, 6.07) is 21.8. The number of H-pyrrole nitrogens is 1. The molecular weight excluding hydrogens is 484 g/mol. The molecule has 1 N–H and O–H groups in total. The van der Waals surface area contributed by atoms with Gasteiger partial charge in [-0.15, -0.1) is 20.4 Å². The maximum Gasteiger partial charge on any atom is 0.213 e. The van der Waals surface area contributed by atoms with Crippen molar-refractivity contribution in [2.75, 3.05) is 0 Å². The molecule has 5 aromatic heterocycles. The van der Waals surface area contributed by atoms with Gasteiger partial charge in [0.25, 0.3) is 0 Å². The molecule has 6 rings (SSSR count). The average Bonchev–Trinajstić information content (AvgIpc) is 3.74. The number of aromatic nitrogens is 10. The van der Waals surface area contributed by atoms with Gasteiger partial charge in [-0.25, -0.2) is 0 Å². The summed E-state index contributed by atoms with van der Waals surface area (Å²) in [5, 5.41) is 23.1. The van der Waals surface area contributed by atoms with Crippen LogP contribution in [0, 0.1) is 34.6 Å². The van der Waals surface area contributed by atoms with Gasteiger partial charge < -0.3 is 8.94 Å². The second kappa shape index (κ2) is 21.2. The molecule has 0 saturated heterocycles. The molecular formula is C26H32N10O2. The lowest BCUT2D eigenvalue weighted by atomic mass is 10.3. The molecule has 0 atom stereocenters. The number of pyridine rings is 2. The number of nitrogens with zero attached hydrogens (tertiary/aromatic N) is 9. The van der Waals surface area contributed by atoms with Crippen LogP contribution in [0.15, 0.2) is 107 Å². The van der Waals surface area contributed by atoms with E-state index in [1.165, 1.54) is 18.4 Å². The van der Waals surface area contributed by atoms with Crippen molar-refractivity contribution in [3.05, 3.63) is 127 Å². The second-order valence-corrected chi connectivity index (χ2v) is 7.05. The number of nitrogens with one attached hydrogen (secondary N) is 1. The molecule has 0 fully saturated rings. The van der Waals surface area contributed by atoms with Gasteiger partial charge in [-0.3, -0.25) is 9.97 Å². The zero-order chi connectivity index (χ0) is 27.7. The molecule has 0 bridgehead atoms. The van der Waals surface area contributed by atoms with Gasteiger partial charge in [-0.05, 0) is 51.5 Å². The molecule has 0 radical (unpaired) electrons. The minimum Gasteiger partial charge on any atom is -0.428 e. The Labute approximate surface area is 221 Å². The largest absolute Gasteiger partial charge is 0.428 e. The number of aromatic amines is 1. The fourth-order valence-electron chi connectivity index (χ4n) is 1.94. The van der Waals surface area contributed by atoms with Crippen molar-refractivity contribution in [3.63, 3.8) is 0 Å². The average molecular weight is 517 g/mol. The Morgan fingerprint density at radius 3 is 1.63 bits per heavy atom. The molecule has 0 aliphatic carbocycles. The van der Waals surface area contributed by atoms with Gasteiger partial charge in [0, 0.05) is 31.2 Å². The van der Waals surface area contributed by atoms with E-state index in [2.05, 4.69) is 59.9 Å². The van der Waals surface area contributed by atoms with E-state index in [4.69, 9.17) is 0 Å². The summed E-state index contributed by atoms with van der Waals surface area (Å²) in [6.45, 7) is 9.27. The van der Waals surface area contributed by atoms with Crippen molar-refractivity contribution >= 4 is 0 Å². The van der Waals surface area contributed by atoms with Gasteiger partial charge in [-0.1, -0.05) is 58.9 Å². The van der Waals surface area contributed by atoms with Gasteiger partial charge in [0.1, 0.15) is 0 Å². The second-order valence-electron chi connectivity index (χ2n) is 7.05. The zero-order valence-corrected chi connectivity index (χ0v) is 22.1. The summed E-state index contributed by atoms with van der Waals surface area (Å²) in [5.74, 6) is 1.96. The summed E-state index contributed by atoms with van der Waals surface area (Å²) in [7, 11) is 0. The predicted molar refractivity (Wildman–Crippen MR) is 141 cm³/mol. The summed E-state index contributed by atoms with van der Waals surface area (Å²) in [5.41, 5.74) is 2.28. The Kier molecular flexibility index (Phi) is 17.2. The van der Waals surface area contributed by atoms with Gasteiger partial charge in [0.15, 0.2) is 11.6 Å². The molecule has 5 heterocycles. The number of hydrogen-bond donors (Lipinski definition) is 1. The van der Waals surface area contributed by atoms with E-state index in [0.29, 0.717) is 17.5 Å². The fraction of sp³-hybridized carbons (Fsp3) is 0.192. The standard InChI is InChI=1S/2C6H7N.C6H6.2C3H4N2O.C2H4N4/c1-6-3-2-4-7-5-6;1-6-4-2-3-5-7-6;1-2-4-6-5-3-1;1-3-5-4-2-6-3;1-3-4-2-6-5-3;1-2-3-5-6-4-2/h2*2-5H,1H3;1-6H;2*2H,1H3;1H3,(H,3,4,5,6). The molecule has 12 heteroatoms. The van der Waals surface area contributed by atoms with E-state index in [1.54, 1.807) is 33.2 Å². The minimum atomic E-state index is 0.606. The normalized spacial score (nSPS) is 8.66. The number of benzene rings is 1. The number of aryl methyl sites for hydroxylation is 5.